The van der Waals surface area contributed by atoms with Gasteiger partial charge < -0.3 is 13.9 Å². The molecular formula is C71H44N2O. The molecule has 74 heavy (non-hydrogen) atoms. The van der Waals surface area contributed by atoms with Crippen LogP contribution in [0.3, 0.4) is 0 Å². The van der Waals surface area contributed by atoms with Crippen molar-refractivity contribution >= 4 is 71.6 Å². The van der Waals surface area contributed by atoms with Gasteiger partial charge in [0.1, 0.15) is 11.2 Å². The van der Waals surface area contributed by atoms with Crippen LogP contribution in [-0.2, 0) is 5.41 Å². The highest BCUT2D eigenvalue weighted by molar-refractivity contribution is 6.14. The molecule has 0 N–H and O–H groups in total. The van der Waals surface area contributed by atoms with Crippen molar-refractivity contribution in [3.63, 3.8) is 0 Å². The van der Waals surface area contributed by atoms with Crippen LogP contribution in [0.15, 0.2) is 271 Å². The molecule has 344 valence electrons. The van der Waals surface area contributed by atoms with Crippen LogP contribution in [0, 0.1) is 0 Å². The molecule has 1 atom stereocenters. The summed E-state index contributed by atoms with van der Waals surface area (Å²) in [5.41, 5.74) is 22.4. The van der Waals surface area contributed by atoms with Gasteiger partial charge in [-0.3, -0.25) is 0 Å². The maximum Gasteiger partial charge on any atom is 0.143 e. The van der Waals surface area contributed by atoms with Gasteiger partial charge in [0.05, 0.1) is 33.5 Å². The summed E-state index contributed by atoms with van der Waals surface area (Å²) >= 11 is 0. The fourth-order valence-electron chi connectivity index (χ4n) is 13.3. The Morgan fingerprint density at radius 1 is 0.324 bits per heavy atom. The second kappa shape index (κ2) is 15.6. The van der Waals surface area contributed by atoms with Crippen LogP contribution in [0.2, 0.25) is 0 Å². The quantitative estimate of drug-likeness (QED) is 0.166. The summed E-state index contributed by atoms with van der Waals surface area (Å²) in [4.78, 5) is 2.52. The van der Waals surface area contributed by atoms with E-state index in [1.807, 2.05) is 0 Å². The van der Waals surface area contributed by atoms with Crippen molar-refractivity contribution in [2.24, 2.45) is 0 Å². The lowest BCUT2D eigenvalue weighted by Crippen LogP contribution is -2.33. The molecular weight excluding hydrogens is 897 g/mol. The highest BCUT2D eigenvalue weighted by Gasteiger charge is 2.51. The van der Waals surface area contributed by atoms with Gasteiger partial charge in [-0.25, -0.2) is 0 Å². The summed E-state index contributed by atoms with van der Waals surface area (Å²) in [7, 11) is 0. The lowest BCUT2D eigenvalue weighted by molar-refractivity contribution is 0.670. The van der Waals surface area contributed by atoms with Gasteiger partial charge in [0.15, 0.2) is 0 Å². The van der Waals surface area contributed by atoms with Crippen molar-refractivity contribution in [2.45, 2.75) is 5.41 Å². The Hall–Kier alpha value is -9.70. The van der Waals surface area contributed by atoms with E-state index < -0.39 is 5.41 Å². The van der Waals surface area contributed by atoms with E-state index in [1.54, 1.807) is 0 Å². The topological polar surface area (TPSA) is 21.3 Å². The van der Waals surface area contributed by atoms with E-state index in [4.69, 9.17) is 4.42 Å². The van der Waals surface area contributed by atoms with Crippen LogP contribution < -0.4 is 4.90 Å². The molecule has 1 aliphatic heterocycles. The predicted molar refractivity (Wildman–Crippen MR) is 307 cm³/mol. The van der Waals surface area contributed by atoms with E-state index in [2.05, 4.69) is 276 Å². The summed E-state index contributed by atoms with van der Waals surface area (Å²) < 4.78 is 9.36. The van der Waals surface area contributed by atoms with E-state index in [0.29, 0.717) is 0 Å². The molecule has 3 heteroatoms. The molecule has 0 saturated carbocycles. The third kappa shape index (κ3) is 5.55. The number of fused-ring (bicyclic) bond motifs is 16. The highest BCUT2D eigenvalue weighted by atomic mass is 16.3. The predicted octanol–water partition coefficient (Wildman–Crippen LogP) is 19.0. The van der Waals surface area contributed by atoms with Crippen LogP contribution in [0.1, 0.15) is 22.3 Å². The number of para-hydroxylation sites is 7. The summed E-state index contributed by atoms with van der Waals surface area (Å²) in [6, 6.07) is 98.6. The number of anilines is 3. The van der Waals surface area contributed by atoms with Crippen molar-refractivity contribution in [1.29, 1.82) is 0 Å². The van der Waals surface area contributed by atoms with Crippen LogP contribution in [0.5, 0.6) is 0 Å². The average molecular weight is 941 g/mol. The van der Waals surface area contributed by atoms with Crippen molar-refractivity contribution in [1.82, 2.24) is 4.57 Å². The zero-order valence-corrected chi connectivity index (χ0v) is 40.2. The van der Waals surface area contributed by atoms with E-state index >= 15 is 0 Å². The van der Waals surface area contributed by atoms with E-state index in [1.165, 1.54) is 82.8 Å². The van der Waals surface area contributed by atoms with Gasteiger partial charge >= 0.3 is 0 Å². The molecule has 2 aliphatic rings. The summed E-state index contributed by atoms with van der Waals surface area (Å²) in [5.74, 6) is 0. The van der Waals surface area contributed by atoms with Gasteiger partial charge in [-0.1, -0.05) is 224 Å². The molecule has 1 unspecified atom stereocenters. The third-order valence-electron chi connectivity index (χ3n) is 16.2. The molecule has 1 aliphatic carbocycles. The Labute approximate surface area is 428 Å². The summed E-state index contributed by atoms with van der Waals surface area (Å²) in [5, 5.41) is 7.19. The van der Waals surface area contributed by atoms with Crippen molar-refractivity contribution in [3.8, 4) is 50.2 Å². The Balaban J connectivity index is 1.00. The second-order valence-corrected chi connectivity index (χ2v) is 19.8. The minimum atomic E-state index is -0.631. The molecule has 16 rings (SSSR count). The van der Waals surface area contributed by atoms with Crippen LogP contribution in [0.25, 0.3) is 105 Å². The van der Waals surface area contributed by atoms with Crippen LogP contribution >= 0.6 is 0 Å². The summed E-state index contributed by atoms with van der Waals surface area (Å²) in [6.07, 6.45) is 0. The Morgan fingerprint density at radius 2 is 0.851 bits per heavy atom. The van der Waals surface area contributed by atoms with E-state index in [-0.39, 0.29) is 0 Å². The standard InChI is InChI=1S/C71H44N2O/c1-2-22-47-45(20-1)21-17-30-48(47)49-23-3-4-24-50(49)53-26-6-12-37-64(53)72(65-38-13-8-28-55(65)58-32-18-33-59-56-29-9-16-41-68(56)74-70(58)59)46-42-43-52-51-25-5-10-34-60(51)71(63(52)44-46)61-35-11-15-40-67(61)73-66-39-14-7-27-54(66)57-31-19-36-62(71)69(57)73/h1-44H. The van der Waals surface area contributed by atoms with Gasteiger partial charge in [-0.15, -0.1) is 0 Å². The Morgan fingerprint density at radius 3 is 1.69 bits per heavy atom. The second-order valence-electron chi connectivity index (χ2n) is 19.8. The van der Waals surface area contributed by atoms with Crippen LogP contribution in [0.4, 0.5) is 17.1 Å². The zero-order valence-electron chi connectivity index (χ0n) is 40.2. The molecule has 0 fully saturated rings. The van der Waals surface area contributed by atoms with Gasteiger partial charge in [0.2, 0.25) is 0 Å². The molecule has 0 radical (unpaired) electrons. The first-order valence-corrected chi connectivity index (χ1v) is 25.6. The maximum atomic E-state index is 6.84. The number of nitrogens with zero attached hydrogens (tertiary/aromatic N) is 2. The fraction of sp³-hybridized carbons (Fsp3) is 0.0141. The Bertz CT molecular complexity index is 4640. The van der Waals surface area contributed by atoms with Crippen molar-refractivity contribution < 1.29 is 4.42 Å². The fourth-order valence-corrected chi connectivity index (χ4v) is 13.3. The number of rotatable bonds is 6. The van der Waals surface area contributed by atoms with E-state index in [0.717, 1.165) is 61.3 Å². The Kier molecular flexibility index (Phi) is 8.66. The molecule has 3 heterocycles. The molecule has 3 nitrogen and oxygen atoms in total. The first-order chi connectivity index (χ1) is 36.8. The molecule has 14 aromatic rings. The molecule has 2 aromatic heterocycles. The first-order valence-electron chi connectivity index (χ1n) is 25.6. The minimum absolute atomic E-state index is 0.631. The number of hydrogen-bond donors (Lipinski definition) is 0. The van der Waals surface area contributed by atoms with E-state index in [9.17, 15) is 0 Å². The van der Waals surface area contributed by atoms with Gasteiger partial charge in [-0.05, 0) is 103 Å². The number of aromatic nitrogens is 1. The van der Waals surface area contributed by atoms with Crippen molar-refractivity contribution in [3.05, 3.63) is 289 Å². The molecule has 0 bridgehead atoms. The molecule has 12 aromatic carbocycles. The van der Waals surface area contributed by atoms with Crippen molar-refractivity contribution in [2.75, 3.05) is 4.90 Å². The summed E-state index contributed by atoms with van der Waals surface area (Å²) in [6.45, 7) is 0. The first kappa shape index (κ1) is 41.0. The lowest BCUT2D eigenvalue weighted by Gasteiger charge is -2.40. The minimum Gasteiger partial charge on any atom is -0.455 e. The zero-order chi connectivity index (χ0) is 48.5. The SMILES string of the molecule is c1ccc(-c2cccc3ccccc23)c(-c2ccccc2N(c2ccc3c(c2)C2(c4ccccc4-3)c3ccccc3-n3c4ccccc4c4cccc2c43)c2ccccc2-c2cccc3c2oc2ccccc23)c1. The lowest BCUT2D eigenvalue weighted by atomic mass is 9.65. The average Bonchev–Trinajstić information content (AvgIpc) is 4.14. The van der Waals surface area contributed by atoms with Crippen LogP contribution in [-0.4, -0.2) is 4.57 Å². The monoisotopic (exact) mass is 940 g/mol. The molecule has 1 spiro atoms. The smallest absolute Gasteiger partial charge is 0.143 e. The van der Waals surface area contributed by atoms with Gasteiger partial charge in [0.25, 0.3) is 0 Å². The maximum absolute atomic E-state index is 6.84. The normalized spacial score (nSPS) is 14.3. The number of furan rings is 1. The third-order valence-corrected chi connectivity index (χ3v) is 16.2. The molecule has 0 amide bonds. The van der Waals surface area contributed by atoms with Gasteiger partial charge in [0, 0.05) is 43.9 Å². The highest BCUT2D eigenvalue weighted by Crippen LogP contribution is 2.62. The van der Waals surface area contributed by atoms with Gasteiger partial charge in [-0.2, -0.15) is 0 Å². The molecule has 0 saturated heterocycles. The largest absolute Gasteiger partial charge is 0.455 e. The number of hydrogen-bond acceptors (Lipinski definition) is 2. The number of benzene rings is 12.